The van der Waals surface area contributed by atoms with Gasteiger partial charge in [0.2, 0.25) is 0 Å². The molecule has 0 amide bonds. The van der Waals surface area contributed by atoms with Gasteiger partial charge in [-0.05, 0) is 25.0 Å². The summed E-state index contributed by atoms with van der Waals surface area (Å²) in [5, 5.41) is 4.04. The summed E-state index contributed by atoms with van der Waals surface area (Å²) >= 11 is 6.04. The van der Waals surface area contributed by atoms with Crippen molar-refractivity contribution in [3.05, 3.63) is 40.4 Å². The first kappa shape index (κ1) is 14.3. The lowest BCUT2D eigenvalue weighted by Crippen LogP contribution is -2.30. The number of halogens is 2. The molecule has 3 rings (SSSR count). The molecule has 0 N–H and O–H groups in total. The summed E-state index contributed by atoms with van der Waals surface area (Å²) < 4.78 is 42.1. The summed E-state index contributed by atoms with van der Waals surface area (Å²) in [5.41, 5.74) is 1.08. The summed E-state index contributed by atoms with van der Waals surface area (Å²) in [6, 6.07) is 4.56. The minimum absolute atomic E-state index is 0.0253. The lowest BCUT2D eigenvalue weighted by atomic mass is 10.2. The molecule has 21 heavy (non-hydrogen) atoms. The monoisotopic (exact) mass is 329 g/mol. The number of para-hydroxylation sites is 1. The van der Waals surface area contributed by atoms with Gasteiger partial charge in [0.25, 0.3) is 10.0 Å². The van der Waals surface area contributed by atoms with E-state index in [0.717, 1.165) is 4.31 Å². The number of benzene rings is 1. The van der Waals surface area contributed by atoms with E-state index < -0.39 is 15.8 Å². The van der Waals surface area contributed by atoms with Crippen LogP contribution in [0.4, 0.5) is 10.1 Å². The first-order valence-corrected chi connectivity index (χ1v) is 8.15. The Morgan fingerprint density at radius 2 is 2.10 bits per heavy atom. The number of anilines is 1. The predicted octanol–water partition coefficient (Wildman–Crippen LogP) is 2.27. The topological polar surface area (TPSA) is 55.2 Å². The molecule has 0 radical (unpaired) electrons. The first-order valence-electron chi connectivity index (χ1n) is 6.33. The van der Waals surface area contributed by atoms with E-state index in [0.29, 0.717) is 17.7 Å². The molecule has 0 fully saturated rings. The van der Waals surface area contributed by atoms with Gasteiger partial charge in [0.15, 0.2) is 0 Å². The minimum Gasteiger partial charge on any atom is -0.263 e. The summed E-state index contributed by atoms with van der Waals surface area (Å²) in [5.74, 6) is -0.550. The fourth-order valence-corrected chi connectivity index (χ4v) is 4.85. The Morgan fingerprint density at radius 1 is 1.38 bits per heavy atom. The Hall–Kier alpha value is -1.60. The Bertz CT molecular complexity index is 832. The quantitative estimate of drug-likeness (QED) is 0.849. The van der Waals surface area contributed by atoms with Gasteiger partial charge in [-0.1, -0.05) is 23.7 Å². The lowest BCUT2D eigenvalue weighted by Gasteiger charge is -2.19. The van der Waals surface area contributed by atoms with E-state index in [4.69, 9.17) is 11.6 Å². The number of aryl methyl sites for hydroxylation is 2. The van der Waals surface area contributed by atoms with E-state index in [1.54, 1.807) is 26.1 Å². The molecule has 8 heteroatoms. The van der Waals surface area contributed by atoms with E-state index in [2.05, 4.69) is 5.10 Å². The van der Waals surface area contributed by atoms with Crippen LogP contribution in [0.3, 0.4) is 0 Å². The zero-order valence-corrected chi connectivity index (χ0v) is 13.0. The molecule has 2 heterocycles. The van der Waals surface area contributed by atoms with Crippen molar-refractivity contribution in [2.75, 3.05) is 10.8 Å². The maximum Gasteiger partial charge on any atom is 0.269 e. The number of aromatic nitrogens is 2. The molecule has 1 aliphatic rings. The molecule has 1 aromatic carbocycles. The van der Waals surface area contributed by atoms with Crippen molar-refractivity contribution in [2.24, 2.45) is 7.05 Å². The third kappa shape index (κ3) is 2.03. The van der Waals surface area contributed by atoms with Crippen molar-refractivity contribution >= 4 is 27.3 Å². The molecule has 0 saturated heterocycles. The van der Waals surface area contributed by atoms with Gasteiger partial charge in [0, 0.05) is 13.6 Å². The molecule has 112 valence electrons. The van der Waals surface area contributed by atoms with Crippen LogP contribution >= 0.6 is 11.6 Å². The number of hydrogen-bond donors (Lipinski definition) is 0. The molecular formula is C13H13ClFN3O2S. The second kappa shape index (κ2) is 4.71. The van der Waals surface area contributed by atoms with E-state index >= 15 is 0 Å². The van der Waals surface area contributed by atoms with Crippen LogP contribution in [0.5, 0.6) is 0 Å². The van der Waals surface area contributed by atoms with E-state index in [9.17, 15) is 12.8 Å². The minimum atomic E-state index is -3.94. The molecule has 5 nitrogen and oxygen atoms in total. The Morgan fingerprint density at radius 3 is 2.71 bits per heavy atom. The van der Waals surface area contributed by atoms with Crippen LogP contribution in [-0.2, 0) is 23.5 Å². The molecule has 0 spiro atoms. The Labute approximate surface area is 127 Å². The summed E-state index contributed by atoms with van der Waals surface area (Å²) in [4.78, 5) is -0.0669. The highest BCUT2D eigenvalue weighted by atomic mass is 35.5. The van der Waals surface area contributed by atoms with Gasteiger partial charge in [-0.25, -0.2) is 12.8 Å². The molecule has 0 bridgehead atoms. The average molecular weight is 330 g/mol. The zero-order valence-electron chi connectivity index (χ0n) is 11.5. The van der Waals surface area contributed by atoms with E-state index in [1.165, 1.54) is 10.7 Å². The summed E-state index contributed by atoms with van der Waals surface area (Å²) in [6.45, 7) is 1.76. The van der Waals surface area contributed by atoms with E-state index in [1.807, 2.05) is 0 Å². The Balaban J connectivity index is 2.19. The number of fused-ring (bicyclic) bond motifs is 1. The third-order valence-corrected chi connectivity index (χ3v) is 6.05. The predicted molar refractivity (Wildman–Crippen MR) is 77.6 cm³/mol. The maximum absolute atomic E-state index is 14.0. The SMILES string of the molecule is Cc1nn(C)c(Cl)c1S(=O)(=O)N1CCc2cccc(F)c21. The molecule has 2 aromatic rings. The van der Waals surface area contributed by atoms with Crippen molar-refractivity contribution in [1.82, 2.24) is 9.78 Å². The molecular weight excluding hydrogens is 317 g/mol. The maximum atomic E-state index is 14.0. The standard InChI is InChI=1S/C13H13ClFN3O2S/c1-8-12(13(14)17(2)16-8)21(19,20)18-7-6-9-4-3-5-10(15)11(9)18/h3-5H,6-7H2,1-2H3. The van der Waals surface area contributed by atoms with Crippen LogP contribution in [0.25, 0.3) is 0 Å². The van der Waals surface area contributed by atoms with Gasteiger partial charge < -0.3 is 0 Å². The summed E-state index contributed by atoms with van der Waals surface area (Å²) in [7, 11) is -2.37. The van der Waals surface area contributed by atoms with Crippen LogP contribution in [0.15, 0.2) is 23.1 Å². The molecule has 1 aromatic heterocycles. The second-order valence-corrected chi connectivity index (χ2v) is 7.06. The molecule has 0 saturated carbocycles. The van der Waals surface area contributed by atoms with Gasteiger partial charge in [-0.15, -0.1) is 0 Å². The third-order valence-electron chi connectivity index (χ3n) is 3.55. The van der Waals surface area contributed by atoms with Crippen LogP contribution in [0.2, 0.25) is 5.15 Å². The first-order chi connectivity index (χ1) is 9.84. The van der Waals surface area contributed by atoms with Crippen molar-refractivity contribution in [2.45, 2.75) is 18.2 Å². The van der Waals surface area contributed by atoms with Gasteiger partial charge >= 0.3 is 0 Å². The second-order valence-electron chi connectivity index (χ2n) is 4.90. The highest BCUT2D eigenvalue weighted by Gasteiger charge is 2.37. The van der Waals surface area contributed by atoms with E-state index in [-0.39, 0.29) is 22.3 Å². The normalized spacial score (nSPS) is 14.6. The average Bonchev–Trinajstić information content (AvgIpc) is 2.93. The van der Waals surface area contributed by atoms with Gasteiger partial charge in [0.05, 0.1) is 11.4 Å². The van der Waals surface area contributed by atoms with Crippen molar-refractivity contribution in [1.29, 1.82) is 0 Å². The fourth-order valence-electron chi connectivity index (χ4n) is 2.63. The smallest absolute Gasteiger partial charge is 0.263 e. The van der Waals surface area contributed by atoms with Gasteiger partial charge in [-0.3, -0.25) is 8.99 Å². The van der Waals surface area contributed by atoms with Crippen molar-refractivity contribution in [3.8, 4) is 0 Å². The molecule has 1 aliphatic heterocycles. The highest BCUT2D eigenvalue weighted by Crippen LogP contribution is 2.37. The number of rotatable bonds is 2. The largest absolute Gasteiger partial charge is 0.269 e. The number of sulfonamides is 1. The van der Waals surface area contributed by atoms with Gasteiger partial charge in [0.1, 0.15) is 15.9 Å². The summed E-state index contributed by atoms with van der Waals surface area (Å²) in [6.07, 6.45) is 0.475. The van der Waals surface area contributed by atoms with Gasteiger partial charge in [-0.2, -0.15) is 5.10 Å². The highest BCUT2D eigenvalue weighted by molar-refractivity contribution is 7.93. The van der Waals surface area contributed by atoms with Crippen molar-refractivity contribution < 1.29 is 12.8 Å². The zero-order chi connectivity index (χ0) is 15.4. The molecule has 0 atom stereocenters. The van der Waals surface area contributed by atoms with Crippen LogP contribution in [0, 0.1) is 12.7 Å². The van der Waals surface area contributed by atoms with Crippen molar-refractivity contribution in [3.63, 3.8) is 0 Å². The van der Waals surface area contributed by atoms with Crippen LogP contribution in [0.1, 0.15) is 11.3 Å². The van der Waals surface area contributed by atoms with Crippen LogP contribution in [-0.4, -0.2) is 24.7 Å². The Kier molecular flexibility index (Phi) is 3.22. The van der Waals surface area contributed by atoms with Crippen LogP contribution < -0.4 is 4.31 Å². The number of hydrogen-bond acceptors (Lipinski definition) is 3. The fraction of sp³-hybridized carbons (Fsp3) is 0.308. The number of nitrogens with zero attached hydrogens (tertiary/aromatic N) is 3. The molecule has 0 unspecified atom stereocenters. The lowest BCUT2D eigenvalue weighted by molar-refractivity contribution is 0.587. The molecule has 0 aliphatic carbocycles.